The lowest BCUT2D eigenvalue weighted by Crippen LogP contribution is -2.51. The van der Waals surface area contributed by atoms with Gasteiger partial charge in [-0.25, -0.2) is 4.79 Å². The second-order valence-corrected chi connectivity index (χ2v) is 9.58. The van der Waals surface area contributed by atoms with E-state index in [1.54, 1.807) is 24.8 Å². The Morgan fingerprint density at radius 2 is 1.79 bits per heavy atom. The van der Waals surface area contributed by atoms with Crippen LogP contribution in [0.3, 0.4) is 0 Å². The van der Waals surface area contributed by atoms with Gasteiger partial charge in [0.25, 0.3) is 5.56 Å². The van der Waals surface area contributed by atoms with Gasteiger partial charge in [-0.1, -0.05) is 54.6 Å². The van der Waals surface area contributed by atoms with Crippen LogP contribution in [0.1, 0.15) is 54.9 Å². The number of aromatic nitrogens is 1. The fourth-order valence-electron chi connectivity index (χ4n) is 4.68. The normalized spacial score (nSPS) is 21.2. The molecule has 0 unspecified atom stereocenters. The van der Waals surface area contributed by atoms with Crippen LogP contribution >= 0.6 is 0 Å². The summed E-state index contributed by atoms with van der Waals surface area (Å²) >= 11 is 0. The van der Waals surface area contributed by atoms with Crippen LogP contribution in [0.25, 0.3) is 11.1 Å². The number of aryl methyl sites for hydroxylation is 1. The maximum atomic E-state index is 13.3. The van der Waals surface area contributed by atoms with Gasteiger partial charge in [-0.3, -0.25) is 4.79 Å². The Kier molecular flexibility index (Phi) is 5.36. The Labute approximate surface area is 204 Å². The van der Waals surface area contributed by atoms with Gasteiger partial charge >= 0.3 is 6.09 Å². The van der Waals surface area contributed by atoms with E-state index >= 15 is 0 Å². The Bertz CT molecular complexity index is 1310. The molecule has 1 aliphatic rings. The molecule has 4 rings (SSSR count). The number of carbonyl (C=O) groups is 1. The van der Waals surface area contributed by atoms with E-state index in [0.717, 1.165) is 21.3 Å². The summed E-state index contributed by atoms with van der Waals surface area (Å²) in [6.07, 6.45) is 1.66. The molecule has 6 heteroatoms. The first-order valence-electron chi connectivity index (χ1n) is 12.9. The Morgan fingerprint density at radius 3 is 2.38 bits per heavy atom. The van der Waals surface area contributed by atoms with Gasteiger partial charge in [-0.2, -0.15) is 0 Å². The van der Waals surface area contributed by atoms with Gasteiger partial charge in [0.15, 0.2) is 0 Å². The van der Waals surface area contributed by atoms with Crippen molar-refractivity contribution in [1.29, 1.82) is 0 Å². The molecule has 34 heavy (non-hydrogen) atoms. The molecular weight excluding hydrogens is 428 g/mol. The van der Waals surface area contributed by atoms with E-state index in [0.29, 0.717) is 18.5 Å². The quantitative estimate of drug-likeness (QED) is 0.558. The molecule has 6 nitrogen and oxygen atoms in total. The van der Waals surface area contributed by atoms with Crippen molar-refractivity contribution in [2.45, 2.75) is 50.9 Å². The van der Waals surface area contributed by atoms with Crippen LogP contribution in [0, 0.1) is 0 Å². The van der Waals surface area contributed by atoms with E-state index < -0.39 is 29.8 Å². The van der Waals surface area contributed by atoms with E-state index in [2.05, 4.69) is 0 Å². The first kappa shape index (κ1) is 20.0. The van der Waals surface area contributed by atoms with Crippen LogP contribution in [0.5, 0.6) is 0 Å². The average molecular weight is 464 g/mol. The van der Waals surface area contributed by atoms with E-state index in [1.165, 1.54) is 12.3 Å². The van der Waals surface area contributed by atoms with E-state index in [4.69, 9.17) is 8.85 Å². The van der Waals surface area contributed by atoms with Crippen molar-refractivity contribution in [3.63, 3.8) is 0 Å². The van der Waals surface area contributed by atoms with Gasteiger partial charge in [-0.15, -0.1) is 0 Å². The number of amides is 1. The fourth-order valence-corrected chi connectivity index (χ4v) is 4.68. The van der Waals surface area contributed by atoms with Crippen LogP contribution in [-0.4, -0.2) is 32.8 Å². The molecule has 2 aromatic carbocycles. The Balaban J connectivity index is 1.53. The van der Waals surface area contributed by atoms with Gasteiger partial charge < -0.3 is 19.3 Å². The topological polar surface area (TPSA) is 71.8 Å². The van der Waals surface area contributed by atoms with Crippen LogP contribution in [0.4, 0.5) is 4.79 Å². The summed E-state index contributed by atoms with van der Waals surface area (Å²) in [7, 11) is 0. The van der Waals surface area contributed by atoms with Crippen molar-refractivity contribution < 1.29 is 18.8 Å². The monoisotopic (exact) mass is 463 g/mol. The fraction of sp³-hybridized carbons (Fsp3) is 0.357. The number of benzene rings is 2. The number of rotatable bonds is 6. The zero-order valence-electron chi connectivity index (χ0n) is 22.7. The second-order valence-electron chi connectivity index (χ2n) is 9.58. The molecule has 1 aliphatic heterocycles. The number of hydrogen-bond acceptors (Lipinski definition) is 4. The number of ether oxygens (including phenoxy) is 1. The third-order valence-electron chi connectivity index (χ3n) is 6.41. The third kappa shape index (κ3) is 4.92. The summed E-state index contributed by atoms with van der Waals surface area (Å²) in [4.78, 5) is 27.2. The summed E-state index contributed by atoms with van der Waals surface area (Å²) in [6, 6.07) is 19.7. The molecule has 1 fully saturated rings. The highest BCUT2D eigenvalue weighted by Crippen LogP contribution is 2.42. The summed E-state index contributed by atoms with van der Waals surface area (Å²) in [5, 5.41) is 10.6. The smallest absolute Gasteiger partial charge is 0.411 e. The molecule has 0 aliphatic carbocycles. The SMILES string of the molecule is [2H]C([2H])([2H])n1ccc(-c2ccc([C@H](C)N3CC[C@](CC(C)(C)O)(c4ccccc4)OC3=O)cc2)cc1=O. The molecule has 3 aromatic rings. The summed E-state index contributed by atoms with van der Waals surface area (Å²) in [6.45, 7) is 3.29. The predicted octanol–water partition coefficient (Wildman–Crippen LogP) is 5.01. The number of nitrogens with zero attached hydrogens (tertiary/aromatic N) is 2. The standard InChI is InChI=1S/C28H32N2O4/c1-20(21-10-12-22(13-11-21)23-14-16-29(4)25(31)18-23)30-17-15-28(34-26(30)32,19-27(2,3)33)24-8-6-5-7-9-24/h5-14,16,18,20,33H,15,17,19H2,1-4H3/t20-,28-/m0/s1/i4D3. The minimum atomic E-state index is -2.52. The van der Waals surface area contributed by atoms with E-state index in [1.807, 2.05) is 61.5 Å². The van der Waals surface area contributed by atoms with Crippen molar-refractivity contribution in [1.82, 2.24) is 9.47 Å². The molecule has 1 N–H and O–H groups in total. The number of cyclic esters (lactones) is 1. The van der Waals surface area contributed by atoms with Crippen LogP contribution in [0.2, 0.25) is 0 Å². The molecule has 2 atom stereocenters. The number of aliphatic hydroxyl groups is 1. The van der Waals surface area contributed by atoms with Crippen LogP contribution in [-0.2, 0) is 17.3 Å². The summed E-state index contributed by atoms with van der Waals surface area (Å²) in [5.74, 6) is 0. The molecule has 0 radical (unpaired) electrons. The van der Waals surface area contributed by atoms with Crippen molar-refractivity contribution in [3.05, 3.63) is 94.4 Å². The van der Waals surface area contributed by atoms with Crippen molar-refractivity contribution >= 4 is 6.09 Å². The van der Waals surface area contributed by atoms with Gasteiger partial charge in [0.05, 0.1) is 11.6 Å². The van der Waals surface area contributed by atoms with Crippen molar-refractivity contribution in [2.24, 2.45) is 6.98 Å². The number of pyridine rings is 1. The van der Waals surface area contributed by atoms with Gasteiger partial charge in [0, 0.05) is 42.7 Å². The average Bonchev–Trinajstić information content (AvgIpc) is 2.82. The minimum Gasteiger partial charge on any atom is -0.438 e. The maximum absolute atomic E-state index is 13.3. The van der Waals surface area contributed by atoms with Gasteiger partial charge in [-0.05, 0) is 49.1 Å². The molecule has 1 aromatic heterocycles. The molecule has 1 amide bonds. The molecular formula is C28H32N2O4. The molecule has 0 spiro atoms. The van der Waals surface area contributed by atoms with Gasteiger partial charge in [0.1, 0.15) is 5.60 Å². The lowest BCUT2D eigenvalue weighted by atomic mass is 9.80. The van der Waals surface area contributed by atoms with Crippen LogP contribution in [0.15, 0.2) is 77.7 Å². The third-order valence-corrected chi connectivity index (χ3v) is 6.41. The second kappa shape index (κ2) is 9.11. The van der Waals surface area contributed by atoms with E-state index in [-0.39, 0.29) is 12.5 Å². The first-order valence-corrected chi connectivity index (χ1v) is 11.4. The van der Waals surface area contributed by atoms with Crippen LogP contribution < -0.4 is 5.56 Å². The molecule has 0 bridgehead atoms. The highest BCUT2D eigenvalue weighted by atomic mass is 16.6. The zero-order chi connectivity index (χ0) is 27.0. The number of hydrogen-bond donors (Lipinski definition) is 1. The van der Waals surface area contributed by atoms with Gasteiger partial charge in [0.2, 0.25) is 0 Å². The summed E-state index contributed by atoms with van der Waals surface area (Å²) < 4.78 is 29.1. The molecule has 178 valence electrons. The molecule has 2 heterocycles. The molecule has 1 saturated heterocycles. The Morgan fingerprint density at radius 1 is 1.09 bits per heavy atom. The van der Waals surface area contributed by atoms with E-state index in [9.17, 15) is 14.7 Å². The largest absolute Gasteiger partial charge is 0.438 e. The highest BCUT2D eigenvalue weighted by molar-refractivity contribution is 5.70. The maximum Gasteiger partial charge on any atom is 0.411 e. The number of carbonyl (C=O) groups excluding carboxylic acids is 1. The zero-order valence-corrected chi connectivity index (χ0v) is 19.7. The van der Waals surface area contributed by atoms with Crippen molar-refractivity contribution in [3.8, 4) is 11.1 Å². The Hall–Kier alpha value is -3.38. The first-order chi connectivity index (χ1) is 17.3. The summed E-state index contributed by atoms with van der Waals surface area (Å²) in [5.41, 5.74) is 0.601. The lowest BCUT2D eigenvalue weighted by molar-refractivity contribution is -0.101. The highest BCUT2D eigenvalue weighted by Gasteiger charge is 2.46. The lowest BCUT2D eigenvalue weighted by Gasteiger charge is -2.45. The minimum absolute atomic E-state index is 0.263. The predicted molar refractivity (Wildman–Crippen MR) is 132 cm³/mol. The molecule has 0 saturated carbocycles. The van der Waals surface area contributed by atoms with Crippen molar-refractivity contribution in [2.75, 3.05) is 6.54 Å².